The van der Waals surface area contributed by atoms with Gasteiger partial charge in [0.1, 0.15) is 11.9 Å². The Balaban J connectivity index is 1.72. The molecule has 0 radical (unpaired) electrons. The predicted octanol–water partition coefficient (Wildman–Crippen LogP) is 2.66. The molecule has 140 valence electrons. The van der Waals surface area contributed by atoms with Gasteiger partial charge in [0.15, 0.2) is 0 Å². The summed E-state index contributed by atoms with van der Waals surface area (Å²) in [6.45, 7) is 2.45. The van der Waals surface area contributed by atoms with Gasteiger partial charge in [0.2, 0.25) is 5.91 Å². The molecule has 1 aliphatic rings. The van der Waals surface area contributed by atoms with Crippen LogP contribution in [-0.2, 0) is 16.1 Å². The maximum atomic E-state index is 11.5. The van der Waals surface area contributed by atoms with E-state index in [0.717, 1.165) is 39.3 Å². The molecule has 0 spiro atoms. The molecule has 0 saturated carbocycles. The highest BCUT2D eigenvalue weighted by molar-refractivity contribution is 7.13. The van der Waals surface area contributed by atoms with Gasteiger partial charge in [-0.15, -0.1) is 11.3 Å². The average Bonchev–Trinajstić information content (AvgIpc) is 3.22. The lowest BCUT2D eigenvalue weighted by atomic mass is 10.1. The third kappa shape index (κ3) is 3.80. The SMILES string of the molecule is COc1ccc2cc(CN3CCO[C@H](C(N)=O)C3)c(-c3cccs3)nc2c1. The smallest absolute Gasteiger partial charge is 0.247 e. The molecule has 1 fully saturated rings. The van der Waals surface area contributed by atoms with Gasteiger partial charge in [-0.1, -0.05) is 6.07 Å². The van der Waals surface area contributed by atoms with Crippen LogP contribution >= 0.6 is 11.3 Å². The number of methoxy groups -OCH3 is 1. The first-order chi connectivity index (χ1) is 13.1. The lowest BCUT2D eigenvalue weighted by Crippen LogP contribution is -2.47. The number of hydrogen-bond donors (Lipinski definition) is 1. The summed E-state index contributed by atoms with van der Waals surface area (Å²) in [7, 11) is 1.66. The van der Waals surface area contributed by atoms with Gasteiger partial charge in [0.25, 0.3) is 0 Å². The summed E-state index contributed by atoms with van der Waals surface area (Å²) in [5, 5.41) is 3.11. The zero-order valence-corrected chi connectivity index (χ0v) is 15.9. The van der Waals surface area contributed by atoms with E-state index in [9.17, 15) is 4.79 Å². The van der Waals surface area contributed by atoms with Crippen LogP contribution in [0.25, 0.3) is 21.5 Å². The van der Waals surface area contributed by atoms with E-state index in [4.69, 9.17) is 20.2 Å². The Bertz CT molecular complexity index is 959. The van der Waals surface area contributed by atoms with Crippen molar-refractivity contribution in [3.8, 4) is 16.3 Å². The molecular formula is C20H21N3O3S. The van der Waals surface area contributed by atoms with Gasteiger partial charge in [-0.25, -0.2) is 4.98 Å². The second-order valence-corrected chi connectivity index (χ2v) is 7.48. The van der Waals surface area contributed by atoms with E-state index in [1.54, 1.807) is 18.4 Å². The van der Waals surface area contributed by atoms with Gasteiger partial charge >= 0.3 is 0 Å². The average molecular weight is 383 g/mol. The molecule has 1 aromatic carbocycles. The number of amides is 1. The molecular weight excluding hydrogens is 362 g/mol. The van der Waals surface area contributed by atoms with E-state index in [-0.39, 0.29) is 0 Å². The molecule has 1 amide bonds. The zero-order valence-electron chi connectivity index (χ0n) is 15.1. The fourth-order valence-corrected chi connectivity index (χ4v) is 4.07. The van der Waals surface area contributed by atoms with E-state index in [0.29, 0.717) is 19.7 Å². The van der Waals surface area contributed by atoms with Crippen molar-refractivity contribution in [1.82, 2.24) is 9.88 Å². The number of aromatic nitrogens is 1. The van der Waals surface area contributed by atoms with E-state index in [1.807, 2.05) is 24.3 Å². The third-order valence-corrected chi connectivity index (χ3v) is 5.60. The Morgan fingerprint density at radius 1 is 1.41 bits per heavy atom. The Hall–Kier alpha value is -2.48. The van der Waals surface area contributed by atoms with Crippen LogP contribution in [0.3, 0.4) is 0 Å². The molecule has 1 atom stereocenters. The molecule has 0 bridgehead atoms. The van der Waals surface area contributed by atoms with Crippen LogP contribution in [0.4, 0.5) is 0 Å². The number of primary amides is 1. The van der Waals surface area contributed by atoms with Gasteiger partial charge in [-0.3, -0.25) is 9.69 Å². The first-order valence-electron chi connectivity index (χ1n) is 8.79. The Kier molecular flexibility index (Phi) is 5.07. The largest absolute Gasteiger partial charge is 0.497 e. The Morgan fingerprint density at radius 2 is 2.30 bits per heavy atom. The summed E-state index contributed by atoms with van der Waals surface area (Å²) in [5.41, 5.74) is 8.41. The van der Waals surface area contributed by atoms with Crippen LogP contribution in [0.1, 0.15) is 5.56 Å². The van der Waals surface area contributed by atoms with Crippen molar-refractivity contribution < 1.29 is 14.3 Å². The molecule has 7 heteroatoms. The van der Waals surface area contributed by atoms with Crippen molar-refractivity contribution in [1.29, 1.82) is 0 Å². The van der Waals surface area contributed by atoms with Gasteiger partial charge in [-0.05, 0) is 35.2 Å². The third-order valence-electron chi connectivity index (χ3n) is 4.72. The number of morpholine rings is 1. The predicted molar refractivity (Wildman–Crippen MR) is 106 cm³/mol. The van der Waals surface area contributed by atoms with Crippen molar-refractivity contribution in [3.63, 3.8) is 0 Å². The van der Waals surface area contributed by atoms with Crippen LogP contribution < -0.4 is 10.5 Å². The molecule has 3 heterocycles. The van der Waals surface area contributed by atoms with Crippen molar-refractivity contribution in [2.45, 2.75) is 12.6 Å². The minimum atomic E-state index is -0.554. The maximum absolute atomic E-state index is 11.5. The van der Waals surface area contributed by atoms with E-state index >= 15 is 0 Å². The summed E-state index contributed by atoms with van der Waals surface area (Å²) < 4.78 is 10.8. The second kappa shape index (κ2) is 7.64. The molecule has 0 unspecified atom stereocenters. The number of carbonyl (C=O) groups excluding carboxylic acids is 1. The number of nitrogens with zero attached hydrogens (tertiary/aromatic N) is 2. The van der Waals surface area contributed by atoms with Crippen molar-refractivity contribution in [3.05, 3.63) is 47.3 Å². The highest BCUT2D eigenvalue weighted by Gasteiger charge is 2.25. The maximum Gasteiger partial charge on any atom is 0.247 e. The number of thiophene rings is 1. The molecule has 1 saturated heterocycles. The number of benzene rings is 1. The quantitative estimate of drug-likeness (QED) is 0.733. The lowest BCUT2D eigenvalue weighted by Gasteiger charge is -2.31. The molecule has 4 rings (SSSR count). The fourth-order valence-electron chi connectivity index (χ4n) is 3.32. The summed E-state index contributed by atoms with van der Waals surface area (Å²) in [4.78, 5) is 19.7. The number of carbonyl (C=O) groups is 1. The van der Waals surface area contributed by atoms with E-state index < -0.39 is 12.0 Å². The van der Waals surface area contributed by atoms with Crippen LogP contribution in [0.2, 0.25) is 0 Å². The van der Waals surface area contributed by atoms with E-state index in [1.165, 1.54) is 0 Å². The molecule has 2 N–H and O–H groups in total. The molecule has 6 nitrogen and oxygen atoms in total. The van der Waals surface area contributed by atoms with Crippen LogP contribution in [0.5, 0.6) is 5.75 Å². The number of pyridine rings is 1. The normalized spacial score (nSPS) is 17.9. The molecule has 1 aliphatic heterocycles. The minimum Gasteiger partial charge on any atom is -0.497 e. The van der Waals surface area contributed by atoms with E-state index in [2.05, 4.69) is 22.4 Å². The number of hydrogen-bond acceptors (Lipinski definition) is 6. The van der Waals surface area contributed by atoms with Gasteiger partial charge in [0.05, 0.1) is 29.8 Å². The van der Waals surface area contributed by atoms with Gasteiger partial charge < -0.3 is 15.2 Å². The van der Waals surface area contributed by atoms with Gasteiger partial charge in [-0.2, -0.15) is 0 Å². The Labute approximate surface area is 161 Å². The van der Waals surface area contributed by atoms with Gasteiger partial charge in [0, 0.05) is 31.1 Å². The van der Waals surface area contributed by atoms with Crippen molar-refractivity contribution in [2.24, 2.45) is 5.73 Å². The molecule has 2 aromatic heterocycles. The van der Waals surface area contributed by atoms with Crippen LogP contribution in [0, 0.1) is 0 Å². The summed E-state index contributed by atoms with van der Waals surface area (Å²) in [6, 6.07) is 12.2. The first-order valence-corrected chi connectivity index (χ1v) is 9.67. The number of nitrogens with two attached hydrogens (primary N) is 1. The molecule has 0 aliphatic carbocycles. The van der Waals surface area contributed by atoms with Crippen LogP contribution in [0.15, 0.2) is 41.8 Å². The second-order valence-electron chi connectivity index (χ2n) is 6.53. The molecule has 27 heavy (non-hydrogen) atoms. The van der Waals surface area contributed by atoms with Crippen molar-refractivity contribution >= 4 is 28.1 Å². The number of rotatable bonds is 5. The number of fused-ring (bicyclic) bond motifs is 1. The zero-order chi connectivity index (χ0) is 18.8. The minimum absolute atomic E-state index is 0.415. The summed E-state index contributed by atoms with van der Waals surface area (Å²) >= 11 is 1.67. The summed E-state index contributed by atoms with van der Waals surface area (Å²) in [5.74, 6) is 0.374. The van der Waals surface area contributed by atoms with Crippen molar-refractivity contribution in [2.75, 3.05) is 26.8 Å². The lowest BCUT2D eigenvalue weighted by molar-refractivity contribution is -0.135. The molecule has 3 aromatic rings. The first kappa shape index (κ1) is 17.9. The topological polar surface area (TPSA) is 77.7 Å². The monoisotopic (exact) mass is 383 g/mol. The highest BCUT2D eigenvalue weighted by atomic mass is 32.1. The van der Waals surface area contributed by atoms with Crippen LogP contribution in [-0.4, -0.2) is 48.7 Å². The summed E-state index contributed by atoms with van der Waals surface area (Å²) in [6.07, 6.45) is -0.554. The standard InChI is InChI=1S/C20H21N3O3S/c1-25-15-5-4-13-9-14(11-23-6-7-26-17(12-23)20(21)24)19(22-16(13)10-15)18-3-2-8-27-18/h2-5,8-10,17H,6-7,11-12H2,1H3,(H2,21,24)/t17-/m0/s1. The highest BCUT2D eigenvalue weighted by Crippen LogP contribution is 2.31. The Morgan fingerprint density at radius 3 is 3.04 bits per heavy atom. The number of ether oxygens (including phenoxy) is 2. The fraction of sp³-hybridized carbons (Fsp3) is 0.300.